The molecule has 20 heavy (non-hydrogen) atoms. The van der Waals surface area contributed by atoms with Gasteiger partial charge in [0.05, 0.1) is 5.75 Å². The Kier molecular flexibility index (Phi) is 5.21. The zero-order valence-corrected chi connectivity index (χ0v) is 12.1. The number of hydrogen-bond acceptors (Lipinski definition) is 3. The number of rotatable bonds is 5. The van der Waals surface area contributed by atoms with Crippen molar-refractivity contribution in [3.8, 4) is 0 Å². The van der Waals surface area contributed by atoms with Crippen molar-refractivity contribution in [2.45, 2.75) is 4.90 Å². The number of anilines is 1. The van der Waals surface area contributed by atoms with E-state index < -0.39 is 0 Å². The zero-order chi connectivity index (χ0) is 14.4. The molecule has 3 nitrogen and oxygen atoms in total. The summed E-state index contributed by atoms with van der Waals surface area (Å²) in [4.78, 5) is 23.3. The van der Waals surface area contributed by atoms with Crippen LogP contribution in [0.3, 0.4) is 0 Å². The summed E-state index contributed by atoms with van der Waals surface area (Å²) < 4.78 is 0. The summed E-state index contributed by atoms with van der Waals surface area (Å²) in [5.41, 5.74) is 1.30. The van der Waals surface area contributed by atoms with Crippen LogP contribution in [0.25, 0.3) is 0 Å². The lowest BCUT2D eigenvalue weighted by molar-refractivity contribution is -0.113. The van der Waals surface area contributed by atoms with E-state index in [1.54, 1.807) is 36.4 Å². The summed E-state index contributed by atoms with van der Waals surface area (Å²) in [5, 5.41) is 3.36. The van der Waals surface area contributed by atoms with Crippen molar-refractivity contribution in [2.24, 2.45) is 0 Å². The van der Waals surface area contributed by atoms with Gasteiger partial charge in [-0.15, -0.1) is 11.8 Å². The molecule has 2 aromatic rings. The van der Waals surface area contributed by atoms with E-state index in [1.807, 2.05) is 12.1 Å². The number of carbonyl (C=O) groups excluding carboxylic acids is 2. The molecule has 1 N–H and O–H groups in total. The van der Waals surface area contributed by atoms with Gasteiger partial charge in [0.2, 0.25) is 5.91 Å². The third-order valence-electron chi connectivity index (χ3n) is 2.49. The number of halogens is 1. The van der Waals surface area contributed by atoms with Crippen LogP contribution < -0.4 is 5.32 Å². The van der Waals surface area contributed by atoms with Gasteiger partial charge in [0.15, 0.2) is 0 Å². The Morgan fingerprint density at radius 2 is 1.95 bits per heavy atom. The molecular formula is C15H12ClNO2S. The summed E-state index contributed by atoms with van der Waals surface area (Å²) in [6.07, 6.45) is 0.792. The first-order valence-electron chi connectivity index (χ1n) is 5.91. The second-order valence-corrected chi connectivity index (χ2v) is 5.52. The highest BCUT2D eigenvalue weighted by molar-refractivity contribution is 8.00. The van der Waals surface area contributed by atoms with Crippen LogP contribution in [0.5, 0.6) is 0 Å². The molecule has 0 aromatic heterocycles. The average molecular weight is 306 g/mol. The van der Waals surface area contributed by atoms with Crippen molar-refractivity contribution in [3.63, 3.8) is 0 Å². The molecule has 0 radical (unpaired) electrons. The lowest BCUT2D eigenvalue weighted by Crippen LogP contribution is -2.13. The van der Waals surface area contributed by atoms with E-state index in [1.165, 1.54) is 11.8 Å². The fourth-order valence-corrected chi connectivity index (χ4v) is 2.44. The summed E-state index contributed by atoms with van der Waals surface area (Å²) in [7, 11) is 0. The Bertz CT molecular complexity index is 614. The fraction of sp³-hybridized carbons (Fsp3) is 0.0667. The summed E-state index contributed by atoms with van der Waals surface area (Å²) in [6, 6.07) is 14.1. The summed E-state index contributed by atoms with van der Waals surface area (Å²) >= 11 is 7.26. The Morgan fingerprint density at radius 1 is 1.20 bits per heavy atom. The quantitative estimate of drug-likeness (QED) is 0.673. The molecule has 0 saturated heterocycles. The SMILES string of the molecule is O=Cc1ccc(SCC(=O)Nc2cccc(Cl)c2)cc1. The number of nitrogens with one attached hydrogen (secondary N) is 1. The molecule has 0 aliphatic heterocycles. The van der Waals surface area contributed by atoms with Crippen LogP contribution in [0.2, 0.25) is 5.02 Å². The predicted octanol–water partition coefficient (Wildman–Crippen LogP) is 3.88. The first-order valence-corrected chi connectivity index (χ1v) is 7.27. The monoisotopic (exact) mass is 305 g/mol. The lowest BCUT2D eigenvalue weighted by atomic mass is 10.2. The second kappa shape index (κ2) is 7.12. The van der Waals surface area contributed by atoms with Crippen LogP contribution in [0, 0.1) is 0 Å². The summed E-state index contributed by atoms with van der Waals surface area (Å²) in [5.74, 6) is 0.198. The highest BCUT2D eigenvalue weighted by atomic mass is 35.5. The van der Waals surface area contributed by atoms with Crippen LogP contribution in [-0.4, -0.2) is 17.9 Å². The first-order chi connectivity index (χ1) is 9.67. The molecule has 2 aromatic carbocycles. The zero-order valence-electron chi connectivity index (χ0n) is 10.5. The molecule has 1 amide bonds. The Balaban J connectivity index is 1.87. The molecule has 0 fully saturated rings. The number of carbonyl (C=O) groups is 2. The standard InChI is InChI=1S/C15H12ClNO2S/c16-12-2-1-3-13(8-12)17-15(19)10-20-14-6-4-11(9-18)5-7-14/h1-9H,10H2,(H,17,19). The minimum absolute atomic E-state index is 0.100. The fourth-order valence-electron chi connectivity index (χ4n) is 1.55. The first kappa shape index (κ1) is 14.6. The molecular weight excluding hydrogens is 294 g/mol. The maximum atomic E-state index is 11.8. The van der Waals surface area contributed by atoms with Crippen molar-refractivity contribution < 1.29 is 9.59 Å². The number of hydrogen-bond donors (Lipinski definition) is 1. The molecule has 2 rings (SSSR count). The summed E-state index contributed by atoms with van der Waals surface area (Å²) in [6.45, 7) is 0. The van der Waals surface area contributed by atoms with Gasteiger partial charge in [-0.25, -0.2) is 0 Å². The lowest BCUT2D eigenvalue weighted by Gasteiger charge is -2.05. The Morgan fingerprint density at radius 3 is 2.60 bits per heavy atom. The van der Waals surface area contributed by atoms with E-state index in [9.17, 15) is 9.59 Å². The maximum Gasteiger partial charge on any atom is 0.234 e. The van der Waals surface area contributed by atoms with Crippen LogP contribution >= 0.6 is 23.4 Å². The minimum atomic E-state index is -0.100. The van der Waals surface area contributed by atoms with Gasteiger partial charge in [0.25, 0.3) is 0 Å². The van der Waals surface area contributed by atoms with E-state index in [2.05, 4.69) is 5.32 Å². The number of aldehydes is 1. The molecule has 0 aliphatic carbocycles. The second-order valence-electron chi connectivity index (χ2n) is 4.03. The van der Waals surface area contributed by atoms with Crippen molar-refractivity contribution >= 4 is 41.2 Å². The molecule has 0 atom stereocenters. The van der Waals surface area contributed by atoms with E-state index in [0.717, 1.165) is 11.2 Å². The van der Waals surface area contributed by atoms with Crippen LogP contribution in [0.4, 0.5) is 5.69 Å². The van der Waals surface area contributed by atoms with E-state index in [-0.39, 0.29) is 5.91 Å². The Labute approximate surface area is 126 Å². The molecule has 0 spiro atoms. The number of benzene rings is 2. The van der Waals surface area contributed by atoms with Crippen molar-refractivity contribution in [1.29, 1.82) is 0 Å². The van der Waals surface area contributed by atoms with Gasteiger partial charge >= 0.3 is 0 Å². The molecule has 0 unspecified atom stereocenters. The van der Waals surface area contributed by atoms with Gasteiger partial charge < -0.3 is 5.32 Å². The van der Waals surface area contributed by atoms with Crippen molar-refractivity contribution in [3.05, 3.63) is 59.1 Å². The molecule has 0 aliphatic rings. The van der Waals surface area contributed by atoms with Crippen molar-refractivity contribution in [1.82, 2.24) is 0 Å². The van der Waals surface area contributed by atoms with Crippen LogP contribution in [0.15, 0.2) is 53.4 Å². The molecule has 0 heterocycles. The van der Waals surface area contributed by atoms with Crippen LogP contribution in [0.1, 0.15) is 10.4 Å². The Hall–Kier alpha value is -1.78. The smallest absolute Gasteiger partial charge is 0.234 e. The highest BCUT2D eigenvalue weighted by Crippen LogP contribution is 2.19. The third kappa shape index (κ3) is 4.40. The minimum Gasteiger partial charge on any atom is -0.325 e. The third-order valence-corrected chi connectivity index (χ3v) is 3.74. The average Bonchev–Trinajstić information content (AvgIpc) is 2.46. The number of amides is 1. The van der Waals surface area contributed by atoms with Gasteiger partial charge in [0.1, 0.15) is 6.29 Å². The van der Waals surface area contributed by atoms with Gasteiger partial charge in [-0.1, -0.05) is 29.8 Å². The van der Waals surface area contributed by atoms with Gasteiger partial charge in [0, 0.05) is 21.2 Å². The molecule has 102 valence electrons. The van der Waals surface area contributed by atoms with Gasteiger partial charge in [-0.2, -0.15) is 0 Å². The van der Waals surface area contributed by atoms with Crippen molar-refractivity contribution in [2.75, 3.05) is 11.1 Å². The van der Waals surface area contributed by atoms with Gasteiger partial charge in [-0.05, 0) is 30.3 Å². The molecule has 0 saturated carbocycles. The van der Waals surface area contributed by atoms with E-state index in [4.69, 9.17) is 11.6 Å². The normalized spacial score (nSPS) is 10.1. The topological polar surface area (TPSA) is 46.2 Å². The van der Waals surface area contributed by atoms with Crippen LogP contribution in [-0.2, 0) is 4.79 Å². The van der Waals surface area contributed by atoms with E-state index >= 15 is 0 Å². The maximum absolute atomic E-state index is 11.8. The van der Waals surface area contributed by atoms with E-state index in [0.29, 0.717) is 22.0 Å². The van der Waals surface area contributed by atoms with Gasteiger partial charge in [-0.3, -0.25) is 9.59 Å². The molecule has 0 bridgehead atoms. The number of thioether (sulfide) groups is 1. The largest absolute Gasteiger partial charge is 0.325 e. The highest BCUT2D eigenvalue weighted by Gasteiger charge is 2.04. The molecule has 5 heteroatoms. The predicted molar refractivity (Wildman–Crippen MR) is 82.6 cm³/mol.